The first-order valence-corrected chi connectivity index (χ1v) is 7.88. The maximum absolute atomic E-state index is 12.7. The molecule has 1 atom stereocenters. The molecule has 2 amide bonds. The number of hydrogen-bond acceptors (Lipinski definition) is 5. The second kappa shape index (κ2) is 6.80. The highest BCUT2D eigenvalue weighted by atomic mass is 16.5. The van der Waals surface area contributed by atoms with Crippen LogP contribution >= 0.6 is 0 Å². The molecule has 0 spiro atoms. The van der Waals surface area contributed by atoms with E-state index in [0.29, 0.717) is 18.5 Å². The molecule has 1 aliphatic rings. The number of hydrogen-bond donors (Lipinski definition) is 1. The number of ether oxygens (including phenoxy) is 1. The number of nitrogens with one attached hydrogen (secondary N) is 1. The van der Waals surface area contributed by atoms with Gasteiger partial charge in [-0.25, -0.2) is 4.79 Å². The molecule has 0 saturated carbocycles. The minimum atomic E-state index is -0.705. The molecule has 1 N–H and O–H groups in total. The lowest BCUT2D eigenvalue weighted by Gasteiger charge is -2.22. The average Bonchev–Trinajstić information content (AvgIpc) is 3.29. The molecule has 7 heteroatoms. The monoisotopic (exact) mass is 342 g/mol. The van der Waals surface area contributed by atoms with Crippen molar-refractivity contribution in [1.82, 2.24) is 5.32 Å². The maximum atomic E-state index is 12.7. The van der Waals surface area contributed by atoms with Gasteiger partial charge in [0.1, 0.15) is 6.04 Å². The smallest absolute Gasteiger partial charge is 0.337 e. The number of carbonyl (C=O) groups excluding carboxylic acids is 3. The van der Waals surface area contributed by atoms with Crippen molar-refractivity contribution >= 4 is 23.5 Å². The quantitative estimate of drug-likeness (QED) is 0.856. The Labute approximate surface area is 144 Å². The summed E-state index contributed by atoms with van der Waals surface area (Å²) in [7, 11) is 1.33. The van der Waals surface area contributed by atoms with E-state index in [4.69, 9.17) is 9.15 Å². The van der Waals surface area contributed by atoms with Crippen molar-refractivity contribution in [3.63, 3.8) is 0 Å². The Bertz CT molecular complexity index is 813. The van der Waals surface area contributed by atoms with E-state index in [1.54, 1.807) is 36.1 Å². The summed E-state index contributed by atoms with van der Waals surface area (Å²) in [6.07, 6.45) is 2.04. The molecule has 130 valence electrons. The van der Waals surface area contributed by atoms with Crippen molar-refractivity contribution in [2.45, 2.75) is 19.4 Å². The highest BCUT2D eigenvalue weighted by Gasteiger charge is 2.29. The van der Waals surface area contributed by atoms with E-state index in [9.17, 15) is 14.4 Å². The van der Waals surface area contributed by atoms with Crippen LogP contribution in [-0.2, 0) is 16.0 Å². The van der Waals surface area contributed by atoms with Gasteiger partial charge in [-0.15, -0.1) is 0 Å². The second-order valence-corrected chi connectivity index (χ2v) is 5.75. The topological polar surface area (TPSA) is 88.9 Å². The third kappa shape index (κ3) is 3.26. The molecular weight excluding hydrogens is 324 g/mol. The van der Waals surface area contributed by atoms with Crippen LogP contribution in [-0.4, -0.2) is 37.5 Å². The number of anilines is 1. The van der Waals surface area contributed by atoms with Crippen molar-refractivity contribution < 1.29 is 23.5 Å². The van der Waals surface area contributed by atoms with Crippen LogP contribution in [0.2, 0.25) is 0 Å². The Morgan fingerprint density at radius 2 is 2.08 bits per heavy atom. The van der Waals surface area contributed by atoms with Crippen LogP contribution in [0.1, 0.15) is 33.4 Å². The fourth-order valence-electron chi connectivity index (χ4n) is 2.85. The largest absolute Gasteiger partial charge is 0.465 e. The molecule has 1 aliphatic heterocycles. The zero-order valence-corrected chi connectivity index (χ0v) is 13.9. The molecular formula is C18H18N2O5. The number of benzene rings is 1. The van der Waals surface area contributed by atoms with Crippen LogP contribution in [0.3, 0.4) is 0 Å². The lowest BCUT2D eigenvalue weighted by atomic mass is 10.1. The lowest BCUT2D eigenvalue weighted by Crippen LogP contribution is -2.46. The van der Waals surface area contributed by atoms with Gasteiger partial charge in [-0.1, -0.05) is 0 Å². The number of esters is 1. The van der Waals surface area contributed by atoms with Gasteiger partial charge < -0.3 is 19.4 Å². The van der Waals surface area contributed by atoms with Crippen LogP contribution in [0, 0.1) is 0 Å². The fraction of sp³-hybridized carbons (Fsp3) is 0.278. The molecule has 0 unspecified atom stereocenters. The van der Waals surface area contributed by atoms with Crippen LogP contribution in [0.4, 0.5) is 5.69 Å². The van der Waals surface area contributed by atoms with Gasteiger partial charge in [0.25, 0.3) is 5.91 Å². The van der Waals surface area contributed by atoms with Gasteiger partial charge in [0.05, 0.1) is 18.9 Å². The van der Waals surface area contributed by atoms with Crippen molar-refractivity contribution in [3.8, 4) is 0 Å². The zero-order chi connectivity index (χ0) is 18.0. The Morgan fingerprint density at radius 3 is 2.76 bits per heavy atom. The minimum absolute atomic E-state index is 0.157. The number of methoxy groups -OCH3 is 1. The van der Waals surface area contributed by atoms with Crippen LogP contribution in [0.5, 0.6) is 0 Å². The van der Waals surface area contributed by atoms with Gasteiger partial charge >= 0.3 is 5.97 Å². The van der Waals surface area contributed by atoms with Crippen LogP contribution in [0.15, 0.2) is 41.0 Å². The van der Waals surface area contributed by atoms with Crippen molar-refractivity contribution in [3.05, 3.63) is 53.5 Å². The SMILES string of the molecule is COC(=O)c1ccc2c(c1)CCN2C(=O)[C@H](C)NC(=O)c1ccco1. The highest BCUT2D eigenvalue weighted by molar-refractivity contribution is 6.03. The summed E-state index contributed by atoms with van der Waals surface area (Å²) in [5, 5.41) is 2.63. The summed E-state index contributed by atoms with van der Waals surface area (Å²) in [6.45, 7) is 2.13. The van der Waals surface area contributed by atoms with Crippen molar-refractivity contribution in [2.24, 2.45) is 0 Å². The molecule has 2 heterocycles. The number of rotatable bonds is 4. The Morgan fingerprint density at radius 1 is 1.28 bits per heavy atom. The standard InChI is InChI=1S/C18H18N2O5/c1-11(19-16(21)15-4-3-9-25-15)17(22)20-8-7-12-10-13(18(23)24-2)5-6-14(12)20/h3-6,9-11H,7-8H2,1-2H3,(H,19,21)/t11-/m0/s1. The van der Waals surface area contributed by atoms with Gasteiger partial charge in [-0.3, -0.25) is 9.59 Å². The maximum Gasteiger partial charge on any atom is 0.337 e. The summed E-state index contributed by atoms with van der Waals surface area (Å²) < 4.78 is 9.73. The van der Waals surface area contributed by atoms with Crippen LogP contribution < -0.4 is 10.2 Å². The van der Waals surface area contributed by atoms with E-state index in [2.05, 4.69) is 5.32 Å². The number of nitrogens with zero attached hydrogens (tertiary/aromatic N) is 1. The fourth-order valence-corrected chi connectivity index (χ4v) is 2.85. The molecule has 1 aromatic heterocycles. The van der Waals surface area contributed by atoms with E-state index in [1.165, 1.54) is 19.4 Å². The zero-order valence-electron chi connectivity index (χ0n) is 13.9. The Balaban J connectivity index is 1.72. The first-order valence-electron chi connectivity index (χ1n) is 7.88. The average molecular weight is 342 g/mol. The van der Waals surface area contributed by atoms with Crippen LogP contribution in [0.25, 0.3) is 0 Å². The number of carbonyl (C=O) groups is 3. The second-order valence-electron chi connectivity index (χ2n) is 5.75. The van der Waals surface area contributed by atoms with E-state index < -0.39 is 17.9 Å². The normalized spacial score (nSPS) is 13.9. The van der Waals surface area contributed by atoms with Crippen molar-refractivity contribution in [1.29, 1.82) is 0 Å². The van der Waals surface area contributed by atoms with E-state index in [-0.39, 0.29) is 11.7 Å². The Hall–Kier alpha value is -3.09. The number of fused-ring (bicyclic) bond motifs is 1. The van der Waals surface area contributed by atoms with Gasteiger partial charge in [0.15, 0.2) is 5.76 Å². The molecule has 0 fully saturated rings. The summed E-state index contributed by atoms with van der Waals surface area (Å²) in [5.41, 5.74) is 2.10. The first kappa shape index (κ1) is 16.8. The van der Waals surface area contributed by atoms with E-state index in [0.717, 1.165) is 11.3 Å². The summed E-state index contributed by atoms with van der Waals surface area (Å²) in [5.74, 6) is -0.911. The molecule has 25 heavy (non-hydrogen) atoms. The number of furan rings is 1. The highest BCUT2D eigenvalue weighted by Crippen LogP contribution is 2.29. The summed E-state index contributed by atoms with van der Waals surface area (Å²) in [4.78, 5) is 37.9. The molecule has 0 bridgehead atoms. The predicted molar refractivity (Wildman–Crippen MR) is 89.5 cm³/mol. The summed E-state index contributed by atoms with van der Waals surface area (Å²) in [6, 6.07) is 7.53. The molecule has 0 aliphatic carbocycles. The third-order valence-corrected chi connectivity index (χ3v) is 4.13. The molecule has 0 saturated heterocycles. The Kier molecular flexibility index (Phi) is 4.56. The van der Waals surface area contributed by atoms with Crippen molar-refractivity contribution in [2.75, 3.05) is 18.6 Å². The number of amides is 2. The van der Waals surface area contributed by atoms with Gasteiger partial charge in [-0.05, 0) is 49.2 Å². The molecule has 7 nitrogen and oxygen atoms in total. The molecule has 1 aromatic carbocycles. The lowest BCUT2D eigenvalue weighted by molar-refractivity contribution is -0.119. The third-order valence-electron chi connectivity index (χ3n) is 4.13. The van der Waals surface area contributed by atoms with E-state index >= 15 is 0 Å². The molecule has 2 aromatic rings. The van der Waals surface area contributed by atoms with E-state index in [1.807, 2.05) is 0 Å². The van der Waals surface area contributed by atoms with Gasteiger partial charge in [0, 0.05) is 12.2 Å². The first-order chi connectivity index (χ1) is 12.0. The predicted octanol–water partition coefficient (Wildman–Crippen LogP) is 1.77. The molecule has 3 rings (SSSR count). The summed E-state index contributed by atoms with van der Waals surface area (Å²) >= 11 is 0. The molecule has 0 radical (unpaired) electrons. The minimum Gasteiger partial charge on any atom is -0.465 e. The van der Waals surface area contributed by atoms with Gasteiger partial charge in [-0.2, -0.15) is 0 Å². The van der Waals surface area contributed by atoms with Gasteiger partial charge in [0.2, 0.25) is 5.91 Å².